The van der Waals surface area contributed by atoms with Gasteiger partial charge in [0.15, 0.2) is 0 Å². The third kappa shape index (κ3) is 2.74. The molecule has 0 aromatic heterocycles. The summed E-state index contributed by atoms with van der Waals surface area (Å²) in [5.74, 6) is -0.231. The standard InChI is InChI=1S/C16H17NO3/c1-9-4-5-12(15(19)6-9)16(20)17-13-7-11(3)14(18)8-10(13)2/h4-8,18-19H,1-3H3,(H,17,20). The molecule has 20 heavy (non-hydrogen) atoms. The average Bonchev–Trinajstić information content (AvgIpc) is 2.35. The number of carbonyl (C=O) groups is 1. The van der Waals surface area contributed by atoms with Gasteiger partial charge in [0.05, 0.1) is 5.56 Å². The largest absolute Gasteiger partial charge is 0.508 e. The zero-order valence-corrected chi connectivity index (χ0v) is 11.7. The van der Waals surface area contributed by atoms with Gasteiger partial charge in [0.1, 0.15) is 11.5 Å². The van der Waals surface area contributed by atoms with Crippen LogP contribution in [0.25, 0.3) is 0 Å². The number of amides is 1. The van der Waals surface area contributed by atoms with Crippen LogP contribution in [0.5, 0.6) is 11.5 Å². The van der Waals surface area contributed by atoms with Crippen molar-refractivity contribution in [3.8, 4) is 11.5 Å². The van der Waals surface area contributed by atoms with Crippen LogP contribution >= 0.6 is 0 Å². The van der Waals surface area contributed by atoms with Gasteiger partial charge in [-0.05, 0) is 61.7 Å². The van der Waals surface area contributed by atoms with Crippen LogP contribution in [0.2, 0.25) is 0 Å². The maximum absolute atomic E-state index is 12.2. The van der Waals surface area contributed by atoms with Gasteiger partial charge in [-0.25, -0.2) is 0 Å². The Morgan fingerprint density at radius 1 is 0.950 bits per heavy atom. The fourth-order valence-electron chi connectivity index (χ4n) is 1.96. The van der Waals surface area contributed by atoms with E-state index < -0.39 is 0 Å². The molecule has 4 nitrogen and oxygen atoms in total. The summed E-state index contributed by atoms with van der Waals surface area (Å²) in [6, 6.07) is 8.20. The quantitative estimate of drug-likeness (QED) is 0.734. The van der Waals surface area contributed by atoms with Crippen molar-refractivity contribution in [2.45, 2.75) is 20.8 Å². The predicted molar refractivity (Wildman–Crippen MR) is 78.4 cm³/mol. The minimum Gasteiger partial charge on any atom is -0.508 e. The number of rotatable bonds is 2. The molecule has 0 saturated heterocycles. The highest BCUT2D eigenvalue weighted by Gasteiger charge is 2.13. The lowest BCUT2D eigenvalue weighted by molar-refractivity contribution is 0.102. The molecule has 2 rings (SSSR count). The molecule has 0 fully saturated rings. The van der Waals surface area contributed by atoms with E-state index in [0.717, 1.165) is 11.1 Å². The Balaban J connectivity index is 2.30. The number of benzene rings is 2. The third-order valence-electron chi connectivity index (χ3n) is 3.19. The van der Waals surface area contributed by atoms with Gasteiger partial charge >= 0.3 is 0 Å². The summed E-state index contributed by atoms with van der Waals surface area (Å²) in [6.45, 7) is 5.40. The number of aryl methyl sites for hydroxylation is 3. The van der Waals surface area contributed by atoms with Gasteiger partial charge in [0, 0.05) is 5.69 Å². The molecule has 0 heterocycles. The van der Waals surface area contributed by atoms with Crippen molar-refractivity contribution >= 4 is 11.6 Å². The highest BCUT2D eigenvalue weighted by Crippen LogP contribution is 2.26. The summed E-state index contributed by atoms with van der Waals surface area (Å²) in [6.07, 6.45) is 0. The highest BCUT2D eigenvalue weighted by molar-refractivity contribution is 6.06. The van der Waals surface area contributed by atoms with E-state index in [9.17, 15) is 15.0 Å². The van der Waals surface area contributed by atoms with Crippen LogP contribution in [-0.2, 0) is 0 Å². The van der Waals surface area contributed by atoms with E-state index in [1.165, 1.54) is 0 Å². The Hall–Kier alpha value is -2.49. The van der Waals surface area contributed by atoms with Crippen molar-refractivity contribution in [1.29, 1.82) is 0 Å². The number of nitrogens with one attached hydrogen (secondary N) is 1. The lowest BCUT2D eigenvalue weighted by Gasteiger charge is -2.11. The Labute approximate surface area is 117 Å². The zero-order chi connectivity index (χ0) is 14.9. The van der Waals surface area contributed by atoms with Crippen LogP contribution in [0.3, 0.4) is 0 Å². The minimum atomic E-state index is -0.379. The van der Waals surface area contributed by atoms with Gasteiger partial charge in [-0.15, -0.1) is 0 Å². The summed E-state index contributed by atoms with van der Waals surface area (Å²) < 4.78 is 0. The molecule has 0 unspecified atom stereocenters. The summed E-state index contributed by atoms with van der Waals surface area (Å²) in [5, 5.41) is 22.1. The predicted octanol–water partition coefficient (Wildman–Crippen LogP) is 3.28. The Morgan fingerprint density at radius 2 is 1.65 bits per heavy atom. The number of carbonyl (C=O) groups excluding carboxylic acids is 1. The molecule has 0 atom stereocenters. The molecule has 2 aromatic carbocycles. The molecule has 104 valence electrons. The van der Waals surface area contributed by atoms with Crippen molar-refractivity contribution in [2.75, 3.05) is 5.32 Å². The maximum Gasteiger partial charge on any atom is 0.259 e. The highest BCUT2D eigenvalue weighted by atomic mass is 16.3. The van der Waals surface area contributed by atoms with E-state index in [1.807, 2.05) is 6.92 Å². The first kappa shape index (κ1) is 13.9. The van der Waals surface area contributed by atoms with E-state index >= 15 is 0 Å². The van der Waals surface area contributed by atoms with E-state index in [2.05, 4.69) is 5.32 Å². The molecule has 0 spiro atoms. The first-order valence-corrected chi connectivity index (χ1v) is 6.29. The summed E-state index contributed by atoms with van der Waals surface area (Å²) >= 11 is 0. The minimum absolute atomic E-state index is 0.0457. The Bertz CT molecular complexity index is 678. The third-order valence-corrected chi connectivity index (χ3v) is 3.19. The molecular formula is C16H17NO3. The molecule has 2 aromatic rings. The van der Waals surface area contributed by atoms with Crippen LogP contribution < -0.4 is 5.32 Å². The van der Waals surface area contributed by atoms with Gasteiger partial charge < -0.3 is 15.5 Å². The number of hydrogen-bond donors (Lipinski definition) is 3. The molecule has 0 aliphatic carbocycles. The smallest absolute Gasteiger partial charge is 0.259 e. The van der Waals surface area contributed by atoms with Crippen molar-refractivity contribution in [1.82, 2.24) is 0 Å². The summed E-state index contributed by atoms with van der Waals surface area (Å²) in [4.78, 5) is 12.2. The van der Waals surface area contributed by atoms with Crippen LogP contribution in [0.15, 0.2) is 30.3 Å². The second kappa shape index (κ2) is 5.25. The van der Waals surface area contributed by atoms with Crippen LogP contribution in [0, 0.1) is 20.8 Å². The van der Waals surface area contributed by atoms with Crippen LogP contribution in [-0.4, -0.2) is 16.1 Å². The van der Waals surface area contributed by atoms with Gasteiger partial charge in [-0.1, -0.05) is 6.07 Å². The number of aromatic hydroxyl groups is 2. The second-order valence-electron chi connectivity index (χ2n) is 4.93. The van der Waals surface area contributed by atoms with Crippen molar-refractivity contribution in [3.63, 3.8) is 0 Å². The van der Waals surface area contributed by atoms with E-state index in [4.69, 9.17) is 0 Å². The number of phenolic OH excluding ortho intramolecular Hbond substituents is 2. The molecule has 0 saturated carbocycles. The normalized spacial score (nSPS) is 10.3. The lowest BCUT2D eigenvalue weighted by atomic mass is 10.1. The fraction of sp³-hybridized carbons (Fsp3) is 0.188. The second-order valence-corrected chi connectivity index (χ2v) is 4.93. The Kier molecular flexibility index (Phi) is 3.66. The van der Waals surface area contributed by atoms with Crippen LogP contribution in [0.4, 0.5) is 5.69 Å². The molecule has 4 heteroatoms. The SMILES string of the molecule is Cc1ccc(C(=O)Nc2cc(C)c(O)cc2C)c(O)c1. The molecule has 0 aliphatic rings. The van der Waals surface area contributed by atoms with Crippen molar-refractivity contribution in [2.24, 2.45) is 0 Å². The summed E-state index contributed by atoms with van der Waals surface area (Å²) in [5.41, 5.74) is 3.16. The first-order valence-electron chi connectivity index (χ1n) is 6.29. The Morgan fingerprint density at radius 3 is 2.30 bits per heavy atom. The number of hydrogen-bond acceptors (Lipinski definition) is 3. The zero-order valence-electron chi connectivity index (χ0n) is 11.7. The van der Waals surface area contributed by atoms with Gasteiger partial charge in [-0.2, -0.15) is 0 Å². The molecule has 0 bridgehead atoms. The van der Waals surface area contributed by atoms with Crippen LogP contribution in [0.1, 0.15) is 27.0 Å². The van der Waals surface area contributed by atoms with Gasteiger partial charge in [0.25, 0.3) is 5.91 Å². The van der Waals surface area contributed by atoms with E-state index in [1.54, 1.807) is 44.2 Å². The average molecular weight is 271 g/mol. The lowest BCUT2D eigenvalue weighted by Crippen LogP contribution is -2.13. The number of phenols is 2. The van der Waals surface area contributed by atoms with Crippen molar-refractivity contribution in [3.05, 3.63) is 52.6 Å². The molecule has 1 amide bonds. The molecule has 0 radical (unpaired) electrons. The maximum atomic E-state index is 12.2. The van der Waals surface area contributed by atoms with E-state index in [-0.39, 0.29) is 23.0 Å². The fourth-order valence-corrected chi connectivity index (χ4v) is 1.96. The first-order chi connectivity index (χ1) is 9.38. The topological polar surface area (TPSA) is 69.6 Å². The summed E-state index contributed by atoms with van der Waals surface area (Å²) in [7, 11) is 0. The van der Waals surface area contributed by atoms with Crippen molar-refractivity contribution < 1.29 is 15.0 Å². The van der Waals surface area contributed by atoms with Gasteiger partial charge in [0.2, 0.25) is 0 Å². The van der Waals surface area contributed by atoms with Gasteiger partial charge in [-0.3, -0.25) is 4.79 Å². The monoisotopic (exact) mass is 271 g/mol. The number of anilines is 1. The molecule has 3 N–H and O–H groups in total. The molecule has 0 aliphatic heterocycles. The van der Waals surface area contributed by atoms with E-state index in [0.29, 0.717) is 11.3 Å². The molecular weight excluding hydrogens is 254 g/mol.